The van der Waals surface area contributed by atoms with E-state index in [1.54, 1.807) is 17.2 Å². The quantitative estimate of drug-likeness (QED) is 0.694. The van der Waals surface area contributed by atoms with Crippen LogP contribution in [0.15, 0.2) is 47.6 Å². The van der Waals surface area contributed by atoms with E-state index < -0.39 is 0 Å². The Morgan fingerprint density at radius 2 is 2.00 bits per heavy atom. The monoisotopic (exact) mass is 312 g/mol. The molecule has 1 aromatic carbocycles. The number of aryl methyl sites for hydroxylation is 2. The molecule has 0 bridgehead atoms. The number of aromatic nitrogens is 1. The average Bonchev–Trinajstić information content (AvgIpc) is 2.97. The molecule has 3 rings (SSSR count). The van der Waals surface area contributed by atoms with E-state index >= 15 is 0 Å². The number of benzene rings is 1. The van der Waals surface area contributed by atoms with Crippen LogP contribution in [-0.2, 0) is 11.4 Å². The average molecular weight is 312 g/mol. The molecule has 0 atom stereocenters. The van der Waals surface area contributed by atoms with Crippen LogP contribution in [0.2, 0.25) is 0 Å². The number of hydroxylamine groups is 2. The van der Waals surface area contributed by atoms with Gasteiger partial charge in [-0.25, -0.2) is 10.1 Å². The largest absolute Gasteiger partial charge is 0.618 e. The number of anilines is 1. The second kappa shape index (κ2) is 6.66. The summed E-state index contributed by atoms with van der Waals surface area (Å²) in [5, 5.41) is 16.7. The van der Waals surface area contributed by atoms with Gasteiger partial charge in [0.05, 0.1) is 13.1 Å². The number of pyridine rings is 1. The zero-order valence-electron chi connectivity index (χ0n) is 13.3. The molecule has 1 aliphatic rings. The maximum absolute atomic E-state index is 11.7. The number of hydrogen-bond acceptors (Lipinski definition) is 5. The van der Waals surface area contributed by atoms with Crippen LogP contribution < -0.4 is 10.0 Å². The standard InChI is InChI=1S/C17H20N4O2/c1-13-6-5-7-14(2)16(13)19-17-18-9-11-21(17)23-12-15-8-3-4-10-20(15)22/h3-8,10H,9,11-12H2,1-2H3,(H,18,19). The zero-order valence-corrected chi connectivity index (χ0v) is 13.3. The molecular formula is C17H20N4O2. The zero-order chi connectivity index (χ0) is 16.2. The lowest BCUT2D eigenvalue weighted by molar-refractivity contribution is -0.617. The Morgan fingerprint density at radius 1 is 1.22 bits per heavy atom. The number of rotatable bonds is 4. The minimum Gasteiger partial charge on any atom is -0.618 e. The maximum atomic E-state index is 11.7. The Morgan fingerprint density at radius 3 is 2.74 bits per heavy atom. The van der Waals surface area contributed by atoms with Crippen LogP contribution in [0.5, 0.6) is 0 Å². The predicted octanol–water partition coefficient (Wildman–Crippen LogP) is 2.15. The highest BCUT2D eigenvalue weighted by molar-refractivity contribution is 5.95. The van der Waals surface area contributed by atoms with Gasteiger partial charge in [0.1, 0.15) is 0 Å². The highest BCUT2D eigenvalue weighted by Crippen LogP contribution is 2.21. The number of para-hydroxylation sites is 1. The number of guanidine groups is 1. The highest BCUT2D eigenvalue weighted by atomic mass is 16.7. The van der Waals surface area contributed by atoms with E-state index in [2.05, 4.69) is 36.3 Å². The molecule has 1 aromatic heterocycles. The molecule has 0 aliphatic carbocycles. The highest BCUT2D eigenvalue weighted by Gasteiger charge is 2.20. The van der Waals surface area contributed by atoms with Crippen molar-refractivity contribution in [2.75, 3.05) is 18.4 Å². The van der Waals surface area contributed by atoms with Crippen molar-refractivity contribution in [2.24, 2.45) is 4.99 Å². The van der Waals surface area contributed by atoms with Crippen LogP contribution in [0, 0.1) is 19.1 Å². The van der Waals surface area contributed by atoms with Crippen LogP contribution in [0.25, 0.3) is 0 Å². The summed E-state index contributed by atoms with van der Waals surface area (Å²) in [5.41, 5.74) is 3.91. The van der Waals surface area contributed by atoms with E-state index in [0.717, 1.165) is 21.5 Å². The molecule has 120 valence electrons. The molecule has 23 heavy (non-hydrogen) atoms. The Hall–Kier alpha value is -2.60. The molecule has 2 aromatic rings. The van der Waals surface area contributed by atoms with Crippen LogP contribution in [0.3, 0.4) is 0 Å². The topological polar surface area (TPSA) is 63.8 Å². The predicted molar refractivity (Wildman–Crippen MR) is 88.7 cm³/mol. The van der Waals surface area contributed by atoms with Crippen LogP contribution >= 0.6 is 0 Å². The summed E-state index contributed by atoms with van der Waals surface area (Å²) in [6, 6.07) is 11.4. The fourth-order valence-corrected chi connectivity index (χ4v) is 2.50. The molecule has 1 aliphatic heterocycles. The Balaban J connectivity index is 1.68. The number of nitrogens with one attached hydrogen (secondary N) is 1. The lowest BCUT2D eigenvalue weighted by Crippen LogP contribution is -2.36. The third-order valence-corrected chi connectivity index (χ3v) is 3.79. The molecule has 0 saturated heterocycles. The first kappa shape index (κ1) is 15.3. The third kappa shape index (κ3) is 3.43. The molecule has 0 fully saturated rings. The lowest BCUT2D eigenvalue weighted by Gasteiger charge is -2.21. The second-order valence-corrected chi connectivity index (χ2v) is 5.49. The lowest BCUT2D eigenvalue weighted by atomic mass is 10.1. The molecule has 0 unspecified atom stereocenters. The van der Waals surface area contributed by atoms with Gasteiger partial charge in [-0.1, -0.05) is 18.2 Å². The molecule has 0 spiro atoms. The molecule has 2 heterocycles. The van der Waals surface area contributed by atoms with Crippen LogP contribution in [0.4, 0.5) is 5.69 Å². The van der Waals surface area contributed by atoms with E-state index in [9.17, 15) is 5.21 Å². The van der Waals surface area contributed by atoms with Gasteiger partial charge < -0.3 is 10.5 Å². The first-order valence-corrected chi connectivity index (χ1v) is 7.60. The number of hydrogen-bond donors (Lipinski definition) is 1. The van der Waals surface area contributed by atoms with E-state index in [1.807, 2.05) is 12.1 Å². The van der Waals surface area contributed by atoms with Crippen molar-refractivity contribution in [3.8, 4) is 0 Å². The van der Waals surface area contributed by atoms with Gasteiger partial charge in [0.2, 0.25) is 11.7 Å². The van der Waals surface area contributed by atoms with E-state index in [-0.39, 0.29) is 6.61 Å². The Bertz CT molecular complexity index is 710. The Kier molecular flexibility index (Phi) is 4.43. The summed E-state index contributed by atoms with van der Waals surface area (Å²) >= 11 is 0. The number of nitrogens with zero attached hydrogens (tertiary/aromatic N) is 3. The molecule has 0 amide bonds. The van der Waals surface area contributed by atoms with Crippen molar-refractivity contribution < 1.29 is 9.57 Å². The third-order valence-electron chi connectivity index (χ3n) is 3.79. The summed E-state index contributed by atoms with van der Waals surface area (Å²) in [7, 11) is 0. The molecule has 6 heteroatoms. The van der Waals surface area contributed by atoms with Gasteiger partial charge >= 0.3 is 0 Å². The van der Waals surface area contributed by atoms with Crippen molar-refractivity contribution in [1.82, 2.24) is 5.06 Å². The van der Waals surface area contributed by atoms with E-state index in [0.29, 0.717) is 24.7 Å². The van der Waals surface area contributed by atoms with Gasteiger partial charge in [0.25, 0.3) is 0 Å². The van der Waals surface area contributed by atoms with Crippen molar-refractivity contribution in [1.29, 1.82) is 0 Å². The van der Waals surface area contributed by atoms with Gasteiger partial charge in [-0.3, -0.25) is 4.84 Å². The van der Waals surface area contributed by atoms with Gasteiger partial charge in [-0.05, 0) is 31.0 Å². The van der Waals surface area contributed by atoms with Gasteiger partial charge in [-0.15, -0.1) is 0 Å². The normalized spacial score (nSPS) is 14.0. The number of aliphatic imine (C=N–C) groups is 1. The smallest absolute Gasteiger partial charge is 0.223 e. The Labute approximate surface area is 135 Å². The minimum atomic E-state index is 0.206. The molecular weight excluding hydrogens is 292 g/mol. The van der Waals surface area contributed by atoms with Gasteiger partial charge in [0.15, 0.2) is 12.8 Å². The molecule has 0 saturated carbocycles. The second-order valence-electron chi connectivity index (χ2n) is 5.49. The summed E-state index contributed by atoms with van der Waals surface area (Å²) in [6.07, 6.45) is 1.46. The van der Waals surface area contributed by atoms with E-state index in [4.69, 9.17) is 4.84 Å². The van der Waals surface area contributed by atoms with Gasteiger partial charge in [0, 0.05) is 17.8 Å². The first-order valence-electron chi connectivity index (χ1n) is 7.60. The van der Waals surface area contributed by atoms with Crippen molar-refractivity contribution in [3.63, 3.8) is 0 Å². The fourth-order valence-electron chi connectivity index (χ4n) is 2.50. The van der Waals surface area contributed by atoms with Gasteiger partial charge in [-0.2, -0.15) is 4.73 Å². The summed E-state index contributed by atoms with van der Waals surface area (Å²) < 4.78 is 0.811. The fraction of sp³-hybridized carbons (Fsp3) is 0.294. The maximum Gasteiger partial charge on any atom is 0.223 e. The van der Waals surface area contributed by atoms with E-state index in [1.165, 1.54) is 6.20 Å². The van der Waals surface area contributed by atoms with Crippen LogP contribution in [0.1, 0.15) is 16.8 Å². The van der Waals surface area contributed by atoms with Crippen molar-refractivity contribution in [3.05, 3.63) is 64.6 Å². The first-order chi connectivity index (χ1) is 11.1. The SMILES string of the molecule is Cc1cccc(C)c1NC1=NCCN1OCc1cccc[n+]1[O-]. The molecule has 6 nitrogen and oxygen atoms in total. The minimum absolute atomic E-state index is 0.206. The summed E-state index contributed by atoms with van der Waals surface area (Å²) in [4.78, 5) is 10.2. The van der Waals surface area contributed by atoms with Crippen LogP contribution in [-0.4, -0.2) is 24.1 Å². The molecule has 0 radical (unpaired) electrons. The molecule has 1 N–H and O–H groups in total. The van der Waals surface area contributed by atoms with Crippen molar-refractivity contribution in [2.45, 2.75) is 20.5 Å². The summed E-state index contributed by atoms with van der Waals surface area (Å²) in [5.74, 6) is 0.677. The van der Waals surface area contributed by atoms with Crippen molar-refractivity contribution >= 4 is 11.6 Å². The summed E-state index contributed by atoms with van der Waals surface area (Å²) in [6.45, 7) is 5.65.